The lowest BCUT2D eigenvalue weighted by Gasteiger charge is -2.16. The van der Waals surface area contributed by atoms with E-state index in [9.17, 15) is 4.79 Å². The molecule has 1 N–H and O–H groups in total. The first-order chi connectivity index (χ1) is 12.1. The van der Waals surface area contributed by atoms with Gasteiger partial charge in [0.25, 0.3) is 5.22 Å². The second kappa shape index (κ2) is 8.21. The quantitative estimate of drug-likeness (QED) is 0.637. The molecule has 3 rings (SSSR count). The first-order valence-electron chi connectivity index (χ1n) is 8.48. The van der Waals surface area contributed by atoms with E-state index in [1.54, 1.807) is 0 Å². The Hall–Kier alpha value is -2.27. The number of rotatable bonds is 7. The van der Waals surface area contributed by atoms with Gasteiger partial charge in [-0.3, -0.25) is 4.79 Å². The van der Waals surface area contributed by atoms with E-state index in [0.717, 1.165) is 23.9 Å². The van der Waals surface area contributed by atoms with Crippen molar-refractivity contribution in [1.82, 2.24) is 10.3 Å². The Balaban J connectivity index is 1.49. The third-order valence-corrected chi connectivity index (χ3v) is 4.96. The number of hydrogen-bond acceptors (Lipinski definition) is 4. The van der Waals surface area contributed by atoms with Crippen molar-refractivity contribution in [3.8, 4) is 0 Å². The molecule has 0 spiro atoms. The normalized spacial score (nSPS) is 13.5. The van der Waals surface area contributed by atoms with Gasteiger partial charge >= 0.3 is 0 Å². The molecule has 130 valence electrons. The van der Waals surface area contributed by atoms with Gasteiger partial charge in [0.15, 0.2) is 5.58 Å². The van der Waals surface area contributed by atoms with Gasteiger partial charge in [-0.25, -0.2) is 4.98 Å². The summed E-state index contributed by atoms with van der Waals surface area (Å²) in [6.07, 6.45) is 1.87. The van der Waals surface area contributed by atoms with E-state index < -0.39 is 0 Å². The molecule has 4 nitrogen and oxygen atoms in total. The lowest BCUT2D eigenvalue weighted by atomic mass is 10.1. The number of carbonyl (C=O) groups is 1. The molecule has 25 heavy (non-hydrogen) atoms. The van der Waals surface area contributed by atoms with Crippen LogP contribution in [-0.4, -0.2) is 22.2 Å². The van der Waals surface area contributed by atoms with Crippen LogP contribution in [0.15, 0.2) is 64.2 Å². The van der Waals surface area contributed by atoms with Crippen molar-refractivity contribution in [2.45, 2.75) is 43.2 Å². The highest BCUT2D eigenvalue weighted by atomic mass is 32.2. The predicted octanol–water partition coefficient (Wildman–Crippen LogP) is 4.45. The fourth-order valence-electron chi connectivity index (χ4n) is 2.57. The minimum absolute atomic E-state index is 0.00724. The third-order valence-electron chi connectivity index (χ3n) is 4.02. The number of carbonyl (C=O) groups excluding carboxylic acids is 1. The van der Waals surface area contributed by atoms with Crippen molar-refractivity contribution in [1.29, 1.82) is 0 Å². The summed E-state index contributed by atoms with van der Waals surface area (Å²) in [7, 11) is 0. The third kappa shape index (κ3) is 4.86. The molecule has 0 saturated heterocycles. The van der Waals surface area contributed by atoms with E-state index in [2.05, 4.69) is 22.4 Å². The molecule has 2 unspecified atom stereocenters. The minimum atomic E-state index is -0.257. The largest absolute Gasteiger partial charge is 0.431 e. The molecule has 0 aliphatic carbocycles. The molecule has 1 amide bonds. The van der Waals surface area contributed by atoms with Crippen molar-refractivity contribution >= 4 is 28.8 Å². The number of aryl methyl sites for hydroxylation is 1. The molecule has 0 fully saturated rings. The van der Waals surface area contributed by atoms with Crippen LogP contribution >= 0.6 is 11.8 Å². The Labute approximate surface area is 152 Å². The molecule has 3 aromatic rings. The second-order valence-corrected chi connectivity index (χ2v) is 7.43. The molecular weight excluding hydrogens is 332 g/mol. The number of oxazole rings is 1. The lowest BCUT2D eigenvalue weighted by Crippen LogP contribution is -2.37. The van der Waals surface area contributed by atoms with Crippen LogP contribution in [0.2, 0.25) is 0 Å². The van der Waals surface area contributed by atoms with Gasteiger partial charge in [-0.15, -0.1) is 0 Å². The predicted molar refractivity (Wildman–Crippen MR) is 102 cm³/mol. The smallest absolute Gasteiger partial charge is 0.257 e. The lowest BCUT2D eigenvalue weighted by molar-refractivity contribution is -0.120. The van der Waals surface area contributed by atoms with Crippen molar-refractivity contribution in [2.75, 3.05) is 0 Å². The fraction of sp³-hybridized carbons (Fsp3) is 0.300. The number of thioether (sulfide) groups is 1. The zero-order chi connectivity index (χ0) is 17.6. The van der Waals surface area contributed by atoms with Gasteiger partial charge in [-0.1, -0.05) is 54.2 Å². The van der Waals surface area contributed by atoms with Crippen molar-refractivity contribution in [3.63, 3.8) is 0 Å². The van der Waals surface area contributed by atoms with Crippen molar-refractivity contribution in [3.05, 3.63) is 60.2 Å². The fourth-order valence-corrected chi connectivity index (χ4v) is 3.33. The summed E-state index contributed by atoms with van der Waals surface area (Å²) < 4.78 is 5.67. The molecule has 0 aliphatic rings. The standard InChI is InChI=1S/C20H22N2O2S/c1-14(12-13-16-8-4-3-5-9-16)21-19(23)15(2)25-20-22-17-10-6-7-11-18(17)24-20/h3-11,14-15H,12-13H2,1-2H3,(H,21,23). The van der Waals surface area contributed by atoms with Crippen LogP contribution in [0.25, 0.3) is 11.1 Å². The van der Waals surface area contributed by atoms with Crippen LogP contribution in [0.3, 0.4) is 0 Å². The first-order valence-corrected chi connectivity index (χ1v) is 9.36. The number of nitrogens with one attached hydrogen (secondary N) is 1. The molecule has 1 aromatic heterocycles. The van der Waals surface area contributed by atoms with Gasteiger partial charge < -0.3 is 9.73 Å². The van der Waals surface area contributed by atoms with Crippen LogP contribution in [0, 0.1) is 0 Å². The highest BCUT2D eigenvalue weighted by Crippen LogP contribution is 2.26. The summed E-state index contributed by atoms with van der Waals surface area (Å²) in [5, 5.41) is 3.35. The SMILES string of the molecule is CC(CCc1ccccc1)NC(=O)C(C)Sc1nc2ccccc2o1. The van der Waals surface area contributed by atoms with Gasteiger partial charge in [0, 0.05) is 6.04 Å². The number of hydrogen-bond donors (Lipinski definition) is 1. The Kier molecular flexibility index (Phi) is 5.76. The highest BCUT2D eigenvalue weighted by molar-refractivity contribution is 8.00. The average Bonchev–Trinajstić information content (AvgIpc) is 3.03. The van der Waals surface area contributed by atoms with Crippen molar-refractivity contribution in [2.24, 2.45) is 0 Å². The maximum Gasteiger partial charge on any atom is 0.257 e. The van der Waals surface area contributed by atoms with Gasteiger partial charge in [-0.05, 0) is 44.4 Å². The molecule has 5 heteroatoms. The van der Waals surface area contributed by atoms with E-state index >= 15 is 0 Å². The zero-order valence-electron chi connectivity index (χ0n) is 14.4. The van der Waals surface area contributed by atoms with E-state index in [1.165, 1.54) is 17.3 Å². The summed E-state index contributed by atoms with van der Waals surface area (Å²) in [5.41, 5.74) is 2.85. The maximum atomic E-state index is 12.4. The number of benzene rings is 2. The summed E-state index contributed by atoms with van der Waals surface area (Å²) >= 11 is 1.34. The number of aromatic nitrogens is 1. The van der Waals surface area contributed by atoms with Gasteiger partial charge in [-0.2, -0.15) is 0 Å². The Morgan fingerprint density at radius 1 is 1.12 bits per heavy atom. The number of para-hydroxylation sites is 2. The number of amides is 1. The van der Waals surface area contributed by atoms with Crippen LogP contribution in [0.5, 0.6) is 0 Å². The molecular formula is C20H22N2O2S. The number of nitrogens with zero attached hydrogens (tertiary/aromatic N) is 1. The van der Waals surface area contributed by atoms with E-state index in [1.807, 2.05) is 56.3 Å². The zero-order valence-corrected chi connectivity index (χ0v) is 15.3. The summed E-state index contributed by atoms with van der Waals surface area (Å²) in [4.78, 5) is 16.8. The monoisotopic (exact) mass is 354 g/mol. The van der Waals surface area contributed by atoms with Crippen LogP contribution in [0.1, 0.15) is 25.8 Å². The first kappa shape index (κ1) is 17.5. The summed E-state index contributed by atoms with van der Waals surface area (Å²) in [5.74, 6) is 0.00724. The maximum absolute atomic E-state index is 12.4. The van der Waals surface area contributed by atoms with E-state index in [4.69, 9.17) is 4.42 Å². The highest BCUT2D eigenvalue weighted by Gasteiger charge is 2.19. The molecule has 1 heterocycles. The second-order valence-electron chi connectivity index (χ2n) is 6.14. The molecule has 2 aromatic carbocycles. The molecule has 0 saturated carbocycles. The van der Waals surface area contributed by atoms with Gasteiger partial charge in [0.1, 0.15) is 5.52 Å². The Morgan fingerprint density at radius 2 is 1.84 bits per heavy atom. The van der Waals surface area contributed by atoms with Crippen molar-refractivity contribution < 1.29 is 9.21 Å². The summed E-state index contributed by atoms with van der Waals surface area (Å²) in [6, 6.07) is 18.0. The number of fused-ring (bicyclic) bond motifs is 1. The van der Waals surface area contributed by atoms with Gasteiger partial charge in [0.2, 0.25) is 5.91 Å². The average molecular weight is 354 g/mol. The van der Waals surface area contributed by atoms with Crippen LogP contribution in [0.4, 0.5) is 0 Å². The Bertz CT molecular complexity index is 799. The van der Waals surface area contributed by atoms with Crippen LogP contribution < -0.4 is 5.32 Å². The van der Waals surface area contributed by atoms with E-state index in [-0.39, 0.29) is 17.2 Å². The Morgan fingerprint density at radius 3 is 2.60 bits per heavy atom. The molecule has 0 aliphatic heterocycles. The molecule has 0 bridgehead atoms. The summed E-state index contributed by atoms with van der Waals surface area (Å²) in [6.45, 7) is 3.91. The molecule has 0 radical (unpaired) electrons. The topological polar surface area (TPSA) is 55.1 Å². The molecule has 2 atom stereocenters. The van der Waals surface area contributed by atoms with Crippen LogP contribution in [-0.2, 0) is 11.2 Å². The van der Waals surface area contributed by atoms with E-state index in [0.29, 0.717) is 5.22 Å². The van der Waals surface area contributed by atoms with Gasteiger partial charge in [0.05, 0.1) is 5.25 Å². The minimum Gasteiger partial charge on any atom is -0.431 e.